The van der Waals surface area contributed by atoms with E-state index in [9.17, 15) is 18.1 Å². The maximum atomic E-state index is 10.8. The topological polar surface area (TPSA) is 157 Å². The highest BCUT2D eigenvalue weighted by Crippen LogP contribution is 2.04. The zero-order valence-corrected chi connectivity index (χ0v) is 9.05. The molecule has 10 heteroatoms. The number of nitrogens with zero attached hydrogens (tertiary/aromatic N) is 3. The van der Waals surface area contributed by atoms with E-state index in [4.69, 9.17) is 11.5 Å². The fourth-order valence-corrected chi connectivity index (χ4v) is 1.28. The summed E-state index contributed by atoms with van der Waals surface area (Å²) in [5.41, 5.74) is 10.1. The van der Waals surface area contributed by atoms with E-state index in [1.807, 2.05) is 0 Å². The van der Waals surface area contributed by atoms with Crippen molar-refractivity contribution in [3.8, 4) is 0 Å². The Hall–Kier alpha value is -1.84. The molecule has 0 aromatic heterocycles. The van der Waals surface area contributed by atoms with Crippen LogP contribution in [0.2, 0.25) is 0 Å². The number of carbonyl (C=O) groups is 1. The minimum atomic E-state index is -2.76. The third-order valence-electron chi connectivity index (χ3n) is 1.52. The lowest BCUT2D eigenvalue weighted by Gasteiger charge is -2.02. The third-order valence-corrected chi connectivity index (χ3v) is 1.95. The molecule has 1 atom stereocenters. The predicted octanol–water partition coefficient (Wildman–Crippen LogP) is -1.24. The minimum absolute atomic E-state index is 0.0370. The Balaban J connectivity index is 4.35. The summed E-state index contributed by atoms with van der Waals surface area (Å²) in [6.07, 6.45) is 0.347. The van der Waals surface area contributed by atoms with Crippen molar-refractivity contribution in [2.24, 2.45) is 26.0 Å². The van der Waals surface area contributed by atoms with Crippen LogP contribution < -0.4 is 11.5 Å². The van der Waals surface area contributed by atoms with Gasteiger partial charge in [-0.2, -0.15) is 12.8 Å². The number of aliphatic imine (C=N–C) groups is 1. The highest BCUT2D eigenvalue weighted by atomic mass is 32.2. The van der Waals surface area contributed by atoms with Crippen LogP contribution in [-0.4, -0.2) is 32.9 Å². The Bertz CT molecular complexity index is 403. The average molecular weight is 249 g/mol. The van der Waals surface area contributed by atoms with Crippen LogP contribution in [0.3, 0.4) is 0 Å². The minimum Gasteiger partial charge on any atom is -0.370 e. The molecule has 90 valence electrons. The second kappa shape index (κ2) is 7.45. The van der Waals surface area contributed by atoms with E-state index in [1.54, 1.807) is 0 Å². The first kappa shape index (κ1) is 14.2. The molecule has 0 heterocycles. The second-order valence-corrected chi connectivity index (χ2v) is 3.36. The Labute approximate surface area is 92.6 Å². The van der Waals surface area contributed by atoms with Gasteiger partial charge >= 0.3 is 16.4 Å². The predicted molar refractivity (Wildman–Crippen MR) is 55.8 cm³/mol. The molecule has 0 aliphatic rings. The van der Waals surface area contributed by atoms with Gasteiger partial charge in [-0.25, -0.2) is 0 Å². The van der Waals surface area contributed by atoms with Crippen molar-refractivity contribution in [3.05, 3.63) is 4.91 Å². The van der Waals surface area contributed by atoms with E-state index >= 15 is 0 Å². The highest BCUT2D eigenvalue weighted by molar-refractivity contribution is 7.61. The summed E-state index contributed by atoms with van der Waals surface area (Å²) in [5.74, 6) is -1.24. The van der Waals surface area contributed by atoms with Crippen LogP contribution in [0.5, 0.6) is 0 Å². The van der Waals surface area contributed by atoms with Crippen molar-refractivity contribution in [2.75, 3.05) is 6.54 Å². The van der Waals surface area contributed by atoms with Crippen LogP contribution in [-0.2, 0) is 15.3 Å². The van der Waals surface area contributed by atoms with E-state index in [0.717, 1.165) is 0 Å². The van der Waals surface area contributed by atoms with Gasteiger partial charge in [-0.3, -0.25) is 9.79 Å². The number of carbonyl (C=O) groups excluding carboxylic acids is 1. The van der Waals surface area contributed by atoms with Gasteiger partial charge in [0.15, 0.2) is 12.0 Å². The Morgan fingerprint density at radius 2 is 1.94 bits per heavy atom. The van der Waals surface area contributed by atoms with Crippen LogP contribution >= 0.6 is 0 Å². The summed E-state index contributed by atoms with van der Waals surface area (Å²) < 4.78 is 23.5. The summed E-state index contributed by atoms with van der Waals surface area (Å²) >= 11 is 0. The highest BCUT2D eigenvalue weighted by Gasteiger charge is 2.18. The number of amides is 1. The van der Waals surface area contributed by atoms with Crippen LogP contribution in [0.1, 0.15) is 12.8 Å². The maximum Gasteiger partial charge on any atom is 0.311 e. The van der Waals surface area contributed by atoms with Crippen molar-refractivity contribution in [1.82, 2.24) is 0 Å². The van der Waals surface area contributed by atoms with E-state index in [2.05, 4.69) is 14.5 Å². The molecule has 0 aromatic rings. The summed E-state index contributed by atoms with van der Waals surface area (Å²) in [6.45, 7) is 0.214. The molecule has 0 saturated carbocycles. The summed E-state index contributed by atoms with van der Waals surface area (Å²) in [5, 5.41) is 2.11. The largest absolute Gasteiger partial charge is 0.370 e. The summed E-state index contributed by atoms with van der Waals surface area (Å²) in [6, 6.07) is -1.29. The van der Waals surface area contributed by atoms with Crippen molar-refractivity contribution in [1.29, 1.82) is 0 Å². The quantitative estimate of drug-likeness (QED) is 0.259. The zero-order valence-electron chi connectivity index (χ0n) is 8.24. The number of nitrogens with two attached hydrogens (primary N) is 2. The SMILES string of the molecule is NC(N)=NCCC[C@H](N=S(=O)=O)C(=O)N=O. The zero-order chi connectivity index (χ0) is 12.6. The molecule has 0 aliphatic carbocycles. The normalized spacial score (nSPS) is 11.2. The van der Waals surface area contributed by atoms with Crippen molar-refractivity contribution >= 4 is 22.4 Å². The monoisotopic (exact) mass is 249 g/mol. The molecule has 1 amide bonds. The van der Waals surface area contributed by atoms with Gasteiger partial charge in [0.1, 0.15) is 0 Å². The van der Waals surface area contributed by atoms with Crippen molar-refractivity contribution < 1.29 is 13.2 Å². The second-order valence-electron chi connectivity index (χ2n) is 2.72. The number of nitroso groups, excluding NO2 is 1. The fourth-order valence-electron chi connectivity index (χ4n) is 0.879. The van der Waals surface area contributed by atoms with E-state index < -0.39 is 22.4 Å². The molecule has 0 radical (unpaired) electrons. The lowest BCUT2D eigenvalue weighted by atomic mass is 10.1. The van der Waals surface area contributed by atoms with Gasteiger partial charge in [-0.1, -0.05) is 0 Å². The number of rotatable bonds is 6. The Kier molecular flexibility index (Phi) is 6.59. The lowest BCUT2D eigenvalue weighted by molar-refractivity contribution is -0.119. The number of hydrogen-bond donors (Lipinski definition) is 2. The average Bonchev–Trinajstić information content (AvgIpc) is 2.20. The molecule has 0 saturated heterocycles. The van der Waals surface area contributed by atoms with Gasteiger partial charge in [-0.05, 0) is 12.8 Å². The molecule has 4 N–H and O–H groups in total. The molecule has 0 aliphatic heterocycles. The van der Waals surface area contributed by atoms with E-state index in [-0.39, 0.29) is 18.9 Å². The van der Waals surface area contributed by atoms with Gasteiger partial charge in [0.05, 0.1) is 0 Å². The molecule has 0 fully saturated rings. The first-order valence-corrected chi connectivity index (χ1v) is 5.23. The van der Waals surface area contributed by atoms with Crippen LogP contribution in [0.4, 0.5) is 0 Å². The first-order valence-electron chi connectivity index (χ1n) is 4.20. The maximum absolute atomic E-state index is 10.8. The van der Waals surface area contributed by atoms with Crippen molar-refractivity contribution in [3.63, 3.8) is 0 Å². The summed E-state index contributed by atoms with van der Waals surface area (Å²) in [4.78, 5) is 24.4. The third kappa shape index (κ3) is 6.59. The van der Waals surface area contributed by atoms with Gasteiger partial charge in [-0.15, -0.1) is 4.91 Å². The van der Waals surface area contributed by atoms with Crippen molar-refractivity contribution in [2.45, 2.75) is 18.9 Å². The molecular formula is C6H11N5O4S. The fraction of sp³-hybridized carbons (Fsp3) is 0.667. The molecular weight excluding hydrogens is 238 g/mol. The molecule has 16 heavy (non-hydrogen) atoms. The molecule has 0 bridgehead atoms. The van der Waals surface area contributed by atoms with Gasteiger partial charge in [0, 0.05) is 11.7 Å². The Morgan fingerprint density at radius 3 is 2.38 bits per heavy atom. The molecule has 0 aromatic carbocycles. The van der Waals surface area contributed by atoms with Crippen LogP contribution in [0.15, 0.2) is 14.5 Å². The molecule has 0 rings (SSSR count). The first-order chi connectivity index (χ1) is 7.47. The molecule has 0 unspecified atom stereocenters. The lowest BCUT2D eigenvalue weighted by Crippen LogP contribution is -2.23. The Morgan fingerprint density at radius 1 is 1.31 bits per heavy atom. The van der Waals surface area contributed by atoms with Gasteiger partial charge in [0.2, 0.25) is 0 Å². The van der Waals surface area contributed by atoms with E-state index in [0.29, 0.717) is 6.42 Å². The molecule has 0 spiro atoms. The van der Waals surface area contributed by atoms with Gasteiger partial charge < -0.3 is 11.5 Å². The van der Waals surface area contributed by atoms with E-state index in [1.165, 1.54) is 0 Å². The van der Waals surface area contributed by atoms with Gasteiger partial charge in [0.25, 0.3) is 0 Å². The number of hydrogen-bond acceptors (Lipinski definition) is 6. The molecule has 9 nitrogen and oxygen atoms in total. The smallest absolute Gasteiger partial charge is 0.311 e. The van der Waals surface area contributed by atoms with Crippen LogP contribution in [0, 0.1) is 4.91 Å². The summed E-state index contributed by atoms with van der Waals surface area (Å²) in [7, 11) is -2.76. The standard InChI is InChI=1S/C6H11N5O4S/c7-6(8)9-3-1-2-4(5(12)10-13)11-16(14)15/h4H,1-3H2,(H4,7,8,9)/t4-/m0/s1. The van der Waals surface area contributed by atoms with Crippen LogP contribution in [0.25, 0.3) is 0 Å². The number of guanidine groups is 1.